The number of H-pyrrole nitrogens is 1. The predicted octanol–water partition coefficient (Wildman–Crippen LogP) is 4.43. The second-order valence-corrected chi connectivity index (χ2v) is 7.08. The lowest BCUT2D eigenvalue weighted by atomic mass is 9.85. The van der Waals surface area contributed by atoms with Crippen molar-refractivity contribution >= 4 is 23.3 Å². The van der Waals surface area contributed by atoms with E-state index in [2.05, 4.69) is 15.5 Å². The summed E-state index contributed by atoms with van der Waals surface area (Å²) >= 11 is 6.27. The molecule has 1 amide bonds. The monoisotopic (exact) mass is 397 g/mol. The number of halogens is 1. The number of amides is 1. The van der Waals surface area contributed by atoms with Crippen molar-refractivity contribution in [1.29, 1.82) is 0 Å². The van der Waals surface area contributed by atoms with E-state index in [1.807, 2.05) is 49.4 Å². The Bertz CT molecular complexity index is 1030. The molecule has 1 unspecified atom stereocenters. The maximum absolute atomic E-state index is 12.3. The number of nitrogens with one attached hydrogen (secondary N) is 2. The standard InChI is InChI=1S/C21H20ClN3O3/c1-12-19-15(10-18(26)23-21(19)25-24-12)14-7-5-9-17(27-2)20(14)28-11-13-6-3-4-8-16(13)22/h3-9,15H,10-11H2,1-2H3,(H2,23,24,25,26). The summed E-state index contributed by atoms with van der Waals surface area (Å²) in [6.45, 7) is 2.24. The highest BCUT2D eigenvalue weighted by Gasteiger charge is 2.33. The minimum absolute atomic E-state index is 0.0797. The number of fused-ring (bicyclic) bond motifs is 1. The number of aromatic nitrogens is 2. The van der Waals surface area contributed by atoms with E-state index in [4.69, 9.17) is 21.1 Å². The van der Waals surface area contributed by atoms with Gasteiger partial charge in [0.2, 0.25) is 5.91 Å². The van der Waals surface area contributed by atoms with Crippen LogP contribution in [0.1, 0.15) is 34.7 Å². The predicted molar refractivity (Wildman–Crippen MR) is 107 cm³/mol. The van der Waals surface area contributed by atoms with Gasteiger partial charge in [-0.1, -0.05) is 41.9 Å². The van der Waals surface area contributed by atoms with E-state index in [-0.39, 0.29) is 11.8 Å². The molecule has 0 radical (unpaired) electrons. The Balaban J connectivity index is 1.75. The number of rotatable bonds is 5. The highest BCUT2D eigenvalue weighted by molar-refractivity contribution is 6.31. The summed E-state index contributed by atoms with van der Waals surface area (Å²) in [7, 11) is 1.60. The van der Waals surface area contributed by atoms with Crippen LogP contribution in [0, 0.1) is 6.92 Å². The molecule has 0 spiro atoms. The maximum Gasteiger partial charge on any atom is 0.226 e. The van der Waals surface area contributed by atoms with Crippen molar-refractivity contribution in [2.75, 3.05) is 12.4 Å². The van der Waals surface area contributed by atoms with Crippen LogP contribution >= 0.6 is 11.6 Å². The average molecular weight is 398 g/mol. The normalized spacial score (nSPS) is 15.7. The van der Waals surface area contributed by atoms with Crippen LogP contribution in [0.5, 0.6) is 11.5 Å². The van der Waals surface area contributed by atoms with Crippen LogP contribution in [0.2, 0.25) is 5.02 Å². The van der Waals surface area contributed by atoms with Crippen LogP contribution in [0.4, 0.5) is 5.82 Å². The molecule has 0 saturated carbocycles. The summed E-state index contributed by atoms with van der Waals surface area (Å²) in [4.78, 5) is 12.3. The second-order valence-electron chi connectivity index (χ2n) is 6.67. The van der Waals surface area contributed by atoms with Crippen molar-refractivity contribution < 1.29 is 14.3 Å². The van der Waals surface area contributed by atoms with E-state index < -0.39 is 0 Å². The number of para-hydroxylation sites is 1. The molecular formula is C21H20ClN3O3. The smallest absolute Gasteiger partial charge is 0.226 e. The molecular weight excluding hydrogens is 378 g/mol. The molecule has 0 aliphatic carbocycles. The molecule has 6 nitrogen and oxygen atoms in total. The van der Waals surface area contributed by atoms with E-state index in [9.17, 15) is 4.79 Å². The van der Waals surface area contributed by atoms with Crippen molar-refractivity contribution in [1.82, 2.24) is 10.2 Å². The first-order valence-electron chi connectivity index (χ1n) is 8.96. The average Bonchev–Trinajstić information content (AvgIpc) is 3.07. The Morgan fingerprint density at radius 2 is 2.04 bits per heavy atom. The van der Waals surface area contributed by atoms with E-state index in [0.29, 0.717) is 35.4 Å². The Kier molecular flexibility index (Phi) is 4.96. The van der Waals surface area contributed by atoms with Gasteiger partial charge in [-0.3, -0.25) is 9.89 Å². The molecule has 144 valence electrons. The van der Waals surface area contributed by atoms with Gasteiger partial charge in [-0.15, -0.1) is 0 Å². The largest absolute Gasteiger partial charge is 0.493 e. The number of carbonyl (C=O) groups excluding carboxylic acids is 1. The second kappa shape index (κ2) is 7.56. The quantitative estimate of drug-likeness (QED) is 0.667. The lowest BCUT2D eigenvalue weighted by Gasteiger charge is -2.25. The molecule has 28 heavy (non-hydrogen) atoms. The summed E-state index contributed by atoms with van der Waals surface area (Å²) < 4.78 is 11.7. The molecule has 2 aromatic carbocycles. The van der Waals surface area contributed by atoms with Gasteiger partial charge in [-0.05, 0) is 19.1 Å². The number of anilines is 1. The van der Waals surface area contributed by atoms with Crippen molar-refractivity contribution in [2.24, 2.45) is 0 Å². The summed E-state index contributed by atoms with van der Waals surface area (Å²) in [6.07, 6.45) is 0.309. The molecule has 1 atom stereocenters. The van der Waals surface area contributed by atoms with Crippen molar-refractivity contribution in [2.45, 2.75) is 25.9 Å². The van der Waals surface area contributed by atoms with Gasteiger partial charge in [0.15, 0.2) is 17.3 Å². The van der Waals surface area contributed by atoms with Gasteiger partial charge in [0.25, 0.3) is 0 Å². The van der Waals surface area contributed by atoms with Crippen LogP contribution in [0.3, 0.4) is 0 Å². The number of carbonyl (C=O) groups is 1. The SMILES string of the molecule is COc1cccc(C2CC(=O)Nc3n[nH]c(C)c32)c1OCc1ccccc1Cl. The van der Waals surface area contributed by atoms with Crippen molar-refractivity contribution in [3.05, 3.63) is 69.9 Å². The van der Waals surface area contributed by atoms with E-state index in [1.165, 1.54) is 0 Å². The van der Waals surface area contributed by atoms with Crippen LogP contribution in [0.15, 0.2) is 42.5 Å². The van der Waals surface area contributed by atoms with Crippen LogP contribution in [-0.4, -0.2) is 23.2 Å². The fraction of sp³-hybridized carbons (Fsp3) is 0.238. The number of ether oxygens (including phenoxy) is 2. The zero-order valence-corrected chi connectivity index (χ0v) is 16.3. The number of methoxy groups -OCH3 is 1. The van der Waals surface area contributed by atoms with Crippen molar-refractivity contribution in [3.63, 3.8) is 0 Å². The Morgan fingerprint density at radius 1 is 1.21 bits per heavy atom. The zero-order chi connectivity index (χ0) is 19.7. The lowest BCUT2D eigenvalue weighted by molar-refractivity contribution is -0.116. The summed E-state index contributed by atoms with van der Waals surface area (Å²) in [5.41, 5.74) is 3.64. The summed E-state index contributed by atoms with van der Waals surface area (Å²) in [5.74, 6) is 1.52. The molecule has 0 fully saturated rings. The van der Waals surface area contributed by atoms with Crippen LogP contribution in [-0.2, 0) is 11.4 Å². The highest BCUT2D eigenvalue weighted by Crippen LogP contribution is 2.44. The third-order valence-electron chi connectivity index (χ3n) is 4.92. The molecule has 2 heterocycles. The summed E-state index contributed by atoms with van der Waals surface area (Å²) in [5, 5.41) is 10.6. The lowest BCUT2D eigenvalue weighted by Crippen LogP contribution is -2.24. The van der Waals surface area contributed by atoms with Gasteiger partial charge >= 0.3 is 0 Å². The number of hydrogen-bond donors (Lipinski definition) is 2. The zero-order valence-electron chi connectivity index (χ0n) is 15.6. The molecule has 1 aliphatic heterocycles. The first-order chi connectivity index (χ1) is 13.6. The first-order valence-corrected chi connectivity index (χ1v) is 9.34. The first kappa shape index (κ1) is 18.4. The minimum atomic E-state index is -0.182. The Morgan fingerprint density at radius 3 is 2.82 bits per heavy atom. The Labute approximate surface area is 167 Å². The third-order valence-corrected chi connectivity index (χ3v) is 5.29. The molecule has 2 N–H and O–H groups in total. The fourth-order valence-electron chi connectivity index (χ4n) is 3.58. The number of nitrogens with zero attached hydrogens (tertiary/aromatic N) is 1. The van der Waals surface area contributed by atoms with Gasteiger partial charge in [-0.2, -0.15) is 5.10 Å². The number of aryl methyl sites for hydroxylation is 1. The van der Waals surface area contributed by atoms with Crippen LogP contribution in [0.25, 0.3) is 0 Å². The van der Waals surface area contributed by atoms with Gasteiger partial charge in [-0.25, -0.2) is 0 Å². The molecule has 4 rings (SSSR count). The number of hydrogen-bond acceptors (Lipinski definition) is 4. The maximum atomic E-state index is 12.3. The Hall–Kier alpha value is -2.99. The topological polar surface area (TPSA) is 76.2 Å². The summed E-state index contributed by atoms with van der Waals surface area (Å²) in [6, 6.07) is 13.3. The van der Waals surface area contributed by atoms with E-state index in [1.54, 1.807) is 7.11 Å². The number of aromatic amines is 1. The molecule has 1 aliphatic rings. The van der Waals surface area contributed by atoms with Gasteiger partial charge in [0.1, 0.15) is 6.61 Å². The molecule has 7 heteroatoms. The van der Waals surface area contributed by atoms with Crippen LogP contribution < -0.4 is 14.8 Å². The third kappa shape index (κ3) is 3.31. The number of benzene rings is 2. The minimum Gasteiger partial charge on any atom is -0.493 e. The van der Waals surface area contributed by atoms with Gasteiger partial charge in [0.05, 0.1) is 7.11 Å². The molecule has 3 aromatic rings. The van der Waals surface area contributed by atoms with Crippen molar-refractivity contribution in [3.8, 4) is 11.5 Å². The molecule has 0 saturated heterocycles. The van der Waals surface area contributed by atoms with E-state index in [0.717, 1.165) is 22.4 Å². The fourth-order valence-corrected chi connectivity index (χ4v) is 3.77. The van der Waals surface area contributed by atoms with E-state index >= 15 is 0 Å². The highest BCUT2D eigenvalue weighted by atomic mass is 35.5. The molecule has 1 aromatic heterocycles. The van der Waals surface area contributed by atoms with Gasteiger partial charge < -0.3 is 14.8 Å². The van der Waals surface area contributed by atoms with Gasteiger partial charge in [0, 0.05) is 39.7 Å². The molecule has 0 bridgehead atoms.